The number of benzene rings is 2. The monoisotopic (exact) mass is 462 g/mol. The molecule has 3 rings (SSSR count). The third-order valence-electron chi connectivity index (χ3n) is 5.00. The topological polar surface area (TPSA) is 35.5 Å². The first-order valence-electron chi connectivity index (χ1n) is 8.62. The summed E-state index contributed by atoms with van der Waals surface area (Å²) in [5, 5.41) is 0. The van der Waals surface area contributed by atoms with Gasteiger partial charge in [0.05, 0.1) is 0 Å². The Morgan fingerprint density at radius 2 is 1.31 bits per heavy atom. The molecule has 0 spiro atoms. The molecule has 0 aromatic heterocycles. The van der Waals surface area contributed by atoms with E-state index in [1.54, 1.807) is 6.55 Å². The molecule has 0 radical (unpaired) electrons. The van der Waals surface area contributed by atoms with Gasteiger partial charge >= 0.3 is 166 Å². The normalized spacial score (nSPS) is 17.5. The Balaban J connectivity index is 2.28. The zero-order chi connectivity index (χ0) is 19.4. The third kappa shape index (κ3) is 3.16. The molecule has 0 N–H and O–H groups in total. The van der Waals surface area contributed by atoms with Gasteiger partial charge in [0, 0.05) is 0 Å². The van der Waals surface area contributed by atoms with Crippen molar-refractivity contribution >= 4 is 33.4 Å². The Hall–Kier alpha value is -0.112. The van der Waals surface area contributed by atoms with Crippen molar-refractivity contribution in [2.24, 2.45) is 0 Å². The van der Waals surface area contributed by atoms with Gasteiger partial charge in [0.2, 0.25) is 0 Å². The van der Waals surface area contributed by atoms with Crippen LogP contribution in [-0.2, 0) is 24.3 Å². The van der Waals surface area contributed by atoms with Gasteiger partial charge in [-0.05, 0) is 0 Å². The summed E-state index contributed by atoms with van der Waals surface area (Å²) in [5.41, 5.74) is 3.86. The quantitative estimate of drug-likeness (QED) is 0.498. The second-order valence-corrected chi connectivity index (χ2v) is 37.3. The number of hydrogen-bond acceptors (Lipinski definition) is 3. The second kappa shape index (κ2) is 6.46. The Bertz CT molecular complexity index is 877. The molecule has 0 heterocycles. The van der Waals surface area contributed by atoms with E-state index in [2.05, 4.69) is 0 Å². The molecule has 0 fully saturated rings. The van der Waals surface area contributed by atoms with Crippen molar-refractivity contribution in [3.8, 4) is 11.1 Å². The van der Waals surface area contributed by atoms with Gasteiger partial charge in [-0.25, -0.2) is 0 Å². The molecule has 140 valence electrons. The van der Waals surface area contributed by atoms with Crippen molar-refractivity contribution in [3.63, 3.8) is 0 Å². The molecule has 0 aliphatic heterocycles. The van der Waals surface area contributed by atoms with Crippen molar-refractivity contribution in [1.29, 1.82) is 0 Å². The summed E-state index contributed by atoms with van der Waals surface area (Å²) >= 11 is -5.57. The number of halogens is 2. The molecule has 1 aliphatic carbocycles. The van der Waals surface area contributed by atoms with Crippen molar-refractivity contribution < 1.29 is 24.3 Å². The Morgan fingerprint density at radius 3 is 1.69 bits per heavy atom. The van der Waals surface area contributed by atoms with Crippen molar-refractivity contribution in [1.82, 2.24) is 0 Å². The molecule has 26 heavy (non-hydrogen) atoms. The number of hydrogen-bond donors (Lipinski definition) is 0. The molecule has 2 aromatic carbocycles. The predicted molar refractivity (Wildman–Crippen MR) is 109 cm³/mol. The predicted octanol–water partition coefficient (Wildman–Crippen LogP) is 6.17. The van der Waals surface area contributed by atoms with E-state index in [4.69, 9.17) is 27.2 Å². The van der Waals surface area contributed by atoms with Crippen LogP contribution in [0, 0.1) is 0 Å². The third-order valence-corrected chi connectivity index (χ3v) is 35.1. The van der Waals surface area contributed by atoms with E-state index >= 15 is 0 Å². The first-order chi connectivity index (χ1) is 11.9. The van der Waals surface area contributed by atoms with Crippen LogP contribution < -0.4 is 0 Å². The van der Waals surface area contributed by atoms with Crippen LogP contribution in [0.25, 0.3) is 11.1 Å². The van der Waals surface area contributed by atoms with Gasteiger partial charge in [-0.1, -0.05) is 0 Å². The summed E-state index contributed by atoms with van der Waals surface area (Å²) in [5.74, 6) is 0. The molecule has 2 aromatic rings. The summed E-state index contributed by atoms with van der Waals surface area (Å²) in [7, 11) is 13.4. The van der Waals surface area contributed by atoms with Gasteiger partial charge < -0.3 is 0 Å². The molecule has 3 nitrogen and oxygen atoms in total. The number of fused-ring (bicyclic) bond motifs is 3. The van der Waals surface area contributed by atoms with Gasteiger partial charge in [0.15, 0.2) is 0 Å². The molecule has 0 amide bonds. The van der Waals surface area contributed by atoms with Crippen molar-refractivity contribution in [3.05, 3.63) is 59.7 Å². The van der Waals surface area contributed by atoms with Gasteiger partial charge in [-0.2, -0.15) is 0 Å². The Labute approximate surface area is 165 Å². The zero-order valence-electron chi connectivity index (χ0n) is 15.7. The zero-order valence-corrected chi connectivity index (χ0v) is 20.8. The van der Waals surface area contributed by atoms with E-state index in [0.717, 1.165) is 22.3 Å². The van der Waals surface area contributed by atoms with Gasteiger partial charge in [-0.15, -0.1) is 0 Å². The maximum atomic E-state index is 14.5. The molecule has 0 bridgehead atoms. The SMILES string of the molecule is CO[Si](C)(O[Si](C)(C)C)[Ti](=[O])([Cl])([Cl])[CH]1c2ccccc2-c2ccccc21. The second-order valence-electron chi connectivity index (χ2n) is 7.97. The average molecular weight is 463 g/mol. The van der Waals surface area contributed by atoms with Gasteiger partial charge in [0.25, 0.3) is 0 Å². The van der Waals surface area contributed by atoms with E-state index in [9.17, 15) is 3.32 Å². The van der Waals surface area contributed by atoms with Crippen LogP contribution in [0.5, 0.6) is 0 Å². The summed E-state index contributed by atoms with van der Waals surface area (Å²) in [6, 6.07) is 15.8. The standard InChI is InChI=1S/C13H9.C5H15O2Si2.2ClH.O.Ti/c1-3-7-12-10(5-1)9-11-6-2-4-8-13(11)12;1-6-8(2)7-9(3,4)5;;;;/h1-9H;1-5H3;2*1H;;/q;;;;;+2/p-2. The van der Waals surface area contributed by atoms with E-state index in [1.165, 1.54) is 7.11 Å². The number of rotatable bonds is 5. The summed E-state index contributed by atoms with van der Waals surface area (Å²) < 4.78 is 26.0. The Kier molecular flexibility index (Phi) is 5.12. The van der Waals surface area contributed by atoms with Crippen LogP contribution in [0.4, 0.5) is 0 Å². The first-order valence-corrected chi connectivity index (χ1v) is 22.5. The molecule has 0 saturated heterocycles. The Morgan fingerprint density at radius 1 is 0.885 bits per heavy atom. The van der Waals surface area contributed by atoms with Crippen LogP contribution in [0.3, 0.4) is 0 Å². The molecule has 1 atom stereocenters. The van der Waals surface area contributed by atoms with E-state index < -0.39 is 31.4 Å². The molecule has 8 heteroatoms. The molecule has 1 aliphatic rings. The van der Waals surface area contributed by atoms with Crippen LogP contribution in [0.1, 0.15) is 15.3 Å². The molecular formula is C18H24Cl2O3Si2Ti. The van der Waals surface area contributed by atoms with Crippen LogP contribution in [-0.4, -0.2) is 21.9 Å². The van der Waals surface area contributed by atoms with Gasteiger partial charge in [0.1, 0.15) is 0 Å². The van der Waals surface area contributed by atoms with Crippen molar-refractivity contribution in [2.45, 2.75) is 30.4 Å². The fourth-order valence-electron chi connectivity index (χ4n) is 3.83. The summed E-state index contributed by atoms with van der Waals surface area (Å²) in [4.78, 5) is 0. The van der Waals surface area contributed by atoms with E-state index in [0.29, 0.717) is 0 Å². The molecular weight excluding hydrogens is 439 g/mol. The first kappa shape index (κ1) is 20.6. The summed E-state index contributed by atoms with van der Waals surface area (Å²) in [6.07, 6.45) is -3.38. The minimum absolute atomic E-state index is 0.587. The van der Waals surface area contributed by atoms with Gasteiger partial charge in [-0.3, -0.25) is 0 Å². The van der Waals surface area contributed by atoms with Crippen LogP contribution >= 0.6 is 18.6 Å². The van der Waals surface area contributed by atoms with E-state index in [-0.39, 0.29) is 0 Å². The van der Waals surface area contributed by atoms with Crippen molar-refractivity contribution in [2.75, 3.05) is 7.11 Å². The fourth-order valence-corrected chi connectivity index (χ4v) is 31.7. The fraction of sp³-hybridized carbons (Fsp3) is 0.333. The van der Waals surface area contributed by atoms with Crippen LogP contribution in [0.15, 0.2) is 48.5 Å². The molecule has 0 saturated carbocycles. The summed E-state index contributed by atoms with van der Waals surface area (Å²) in [6.45, 7) is 7.86. The maximum absolute atomic E-state index is 14.5. The van der Waals surface area contributed by atoms with E-state index in [1.807, 2.05) is 68.2 Å². The average Bonchev–Trinajstić information content (AvgIpc) is 2.88. The minimum atomic E-state index is -5.57. The van der Waals surface area contributed by atoms with Crippen LogP contribution in [0.2, 0.25) is 26.2 Å². The molecule has 1 unspecified atom stereocenters.